The first kappa shape index (κ1) is 19.1. The van der Waals surface area contributed by atoms with Crippen molar-refractivity contribution in [2.24, 2.45) is 10.8 Å². The van der Waals surface area contributed by atoms with Crippen LogP contribution >= 0.6 is 0 Å². The molecule has 0 aliphatic rings. The molecule has 1 unspecified atom stereocenters. The van der Waals surface area contributed by atoms with E-state index in [1.54, 1.807) is 0 Å². The molecule has 0 spiro atoms. The van der Waals surface area contributed by atoms with Gasteiger partial charge in [0.05, 0.1) is 5.60 Å². The molecule has 0 radical (unpaired) electrons. The molecule has 0 saturated carbocycles. The fraction of sp³-hybridized carbons (Fsp3) is 1.00. The van der Waals surface area contributed by atoms with Gasteiger partial charge in [0.2, 0.25) is 0 Å². The highest BCUT2D eigenvalue weighted by Crippen LogP contribution is 2.46. The third-order valence-electron chi connectivity index (χ3n) is 4.82. The minimum absolute atomic E-state index is 0.0347. The molecule has 0 aromatic heterocycles. The summed E-state index contributed by atoms with van der Waals surface area (Å²) in [6.07, 6.45) is 4.75. The number of hydrogen-bond donors (Lipinski definition) is 0. The van der Waals surface area contributed by atoms with Crippen LogP contribution in [0.2, 0.25) is 12.1 Å². The van der Waals surface area contributed by atoms with E-state index < -0.39 is 0 Å². The molecule has 0 aromatic carbocycles. The largest absolute Gasteiger partial charge is 0.376 e. The molecule has 0 N–H and O–H groups in total. The number of rotatable bonds is 9. The average molecular weight is 266 g/mol. The van der Waals surface area contributed by atoms with Crippen LogP contribution in [0.15, 0.2) is 0 Å². The van der Waals surface area contributed by atoms with Crippen molar-refractivity contribution in [1.82, 2.24) is 0 Å². The van der Waals surface area contributed by atoms with Crippen LogP contribution in [0.1, 0.15) is 67.7 Å². The van der Waals surface area contributed by atoms with Crippen molar-refractivity contribution >= 4 is 15.7 Å². The van der Waals surface area contributed by atoms with Crippen LogP contribution in [0.3, 0.4) is 0 Å². The van der Waals surface area contributed by atoms with E-state index in [1.165, 1.54) is 12.7 Å². The number of ether oxygens (including phenoxy) is 1. The normalized spacial score (nSPS) is 15.5. The van der Waals surface area contributed by atoms with E-state index in [0.29, 0.717) is 10.8 Å². The van der Waals surface area contributed by atoms with E-state index in [-0.39, 0.29) is 5.60 Å². The lowest BCUT2D eigenvalue weighted by atomic mass is 9.60. The van der Waals surface area contributed by atoms with Crippen LogP contribution in [0.25, 0.3) is 0 Å². The van der Waals surface area contributed by atoms with Crippen LogP contribution in [0.5, 0.6) is 0 Å². The van der Waals surface area contributed by atoms with E-state index >= 15 is 0 Å². The maximum atomic E-state index is 6.11. The Labute approximate surface area is 124 Å². The van der Waals surface area contributed by atoms with Crippen molar-refractivity contribution in [2.45, 2.75) is 85.5 Å². The second kappa shape index (κ2) is 7.20. The Morgan fingerprint density at radius 3 is 1.89 bits per heavy atom. The van der Waals surface area contributed by atoms with Gasteiger partial charge in [0, 0.05) is 6.61 Å². The molecule has 112 valence electrons. The standard InChI is InChI=1S/C16H36B2O/c1-13(18)12-15(4,5)14(2,3)9-11-19-16(6,7)8-10-17/h13H,8-12,17-18H2,1-7H3. The summed E-state index contributed by atoms with van der Waals surface area (Å²) >= 11 is 0. The van der Waals surface area contributed by atoms with Crippen LogP contribution in [-0.2, 0) is 4.74 Å². The summed E-state index contributed by atoms with van der Waals surface area (Å²) in [6.45, 7) is 17.2. The summed E-state index contributed by atoms with van der Waals surface area (Å²) in [6, 6.07) is 0. The Bertz CT molecular complexity index is 257. The molecule has 0 aromatic rings. The third-order valence-corrected chi connectivity index (χ3v) is 4.82. The molecule has 1 atom stereocenters. The number of hydrogen-bond acceptors (Lipinski definition) is 1. The van der Waals surface area contributed by atoms with E-state index in [2.05, 4.69) is 64.2 Å². The molecule has 0 fully saturated rings. The van der Waals surface area contributed by atoms with Gasteiger partial charge in [-0.3, -0.25) is 0 Å². The minimum atomic E-state index is 0.0347. The SMILES string of the molecule is BCCC(C)(C)OCCC(C)(C)C(C)(C)CC(B)C. The van der Waals surface area contributed by atoms with Crippen LogP contribution in [0, 0.1) is 10.8 Å². The van der Waals surface area contributed by atoms with Gasteiger partial charge >= 0.3 is 0 Å². The van der Waals surface area contributed by atoms with E-state index in [0.717, 1.165) is 25.3 Å². The quantitative estimate of drug-likeness (QED) is 0.580. The topological polar surface area (TPSA) is 9.23 Å². The maximum Gasteiger partial charge on any atom is 0.105 e. The second-order valence-electron chi connectivity index (χ2n) is 8.47. The highest BCUT2D eigenvalue weighted by molar-refractivity contribution is 6.11. The summed E-state index contributed by atoms with van der Waals surface area (Å²) in [5, 5.41) is 0. The molecule has 1 nitrogen and oxygen atoms in total. The second-order valence-corrected chi connectivity index (χ2v) is 8.47. The smallest absolute Gasteiger partial charge is 0.105 e. The highest BCUT2D eigenvalue weighted by atomic mass is 16.5. The van der Waals surface area contributed by atoms with Gasteiger partial charge in [-0.15, -0.1) is 0 Å². The van der Waals surface area contributed by atoms with Gasteiger partial charge in [-0.2, -0.15) is 0 Å². The molecule has 0 aliphatic carbocycles. The van der Waals surface area contributed by atoms with Crippen molar-refractivity contribution in [3.8, 4) is 0 Å². The lowest BCUT2D eigenvalue weighted by Crippen LogP contribution is -2.36. The van der Waals surface area contributed by atoms with Crippen LogP contribution in [-0.4, -0.2) is 27.9 Å². The molecule has 0 rings (SSSR count). The van der Waals surface area contributed by atoms with Gasteiger partial charge in [-0.25, -0.2) is 0 Å². The molecule has 0 aliphatic heterocycles. The summed E-state index contributed by atoms with van der Waals surface area (Å²) in [5.74, 6) is 0.756. The van der Waals surface area contributed by atoms with Crippen molar-refractivity contribution < 1.29 is 4.74 Å². The zero-order valence-corrected chi connectivity index (χ0v) is 15.0. The van der Waals surface area contributed by atoms with Gasteiger partial charge in [0.25, 0.3) is 0 Å². The highest BCUT2D eigenvalue weighted by Gasteiger charge is 2.37. The van der Waals surface area contributed by atoms with Crippen LogP contribution in [0.4, 0.5) is 0 Å². The molecular weight excluding hydrogens is 230 g/mol. The first-order chi connectivity index (χ1) is 8.43. The lowest BCUT2D eigenvalue weighted by Gasteiger charge is -2.43. The molecule has 19 heavy (non-hydrogen) atoms. The molecule has 0 bridgehead atoms. The first-order valence-electron chi connectivity index (χ1n) is 8.07. The Balaban J connectivity index is 4.37. The van der Waals surface area contributed by atoms with Gasteiger partial charge < -0.3 is 4.74 Å². The van der Waals surface area contributed by atoms with Crippen molar-refractivity contribution in [2.75, 3.05) is 6.61 Å². The average Bonchev–Trinajstić information content (AvgIpc) is 2.13. The first-order valence-corrected chi connectivity index (χ1v) is 8.07. The van der Waals surface area contributed by atoms with E-state index in [9.17, 15) is 0 Å². The van der Waals surface area contributed by atoms with Gasteiger partial charge in [-0.05, 0) is 37.5 Å². The van der Waals surface area contributed by atoms with Gasteiger partial charge in [-0.1, -0.05) is 53.2 Å². The predicted octanol–water partition coefficient (Wildman–Crippen LogP) is 3.50. The molecule has 0 saturated heterocycles. The van der Waals surface area contributed by atoms with E-state index in [1.807, 2.05) is 0 Å². The minimum Gasteiger partial charge on any atom is -0.376 e. The van der Waals surface area contributed by atoms with Crippen LogP contribution < -0.4 is 0 Å². The monoisotopic (exact) mass is 266 g/mol. The molecule has 0 amide bonds. The molecule has 0 heterocycles. The zero-order chi connectivity index (χ0) is 15.3. The Morgan fingerprint density at radius 2 is 1.47 bits per heavy atom. The molecule has 3 heteroatoms. The predicted molar refractivity (Wildman–Crippen MR) is 92.8 cm³/mol. The Hall–Kier alpha value is 0.0899. The van der Waals surface area contributed by atoms with E-state index in [4.69, 9.17) is 4.74 Å². The van der Waals surface area contributed by atoms with Crippen molar-refractivity contribution in [1.29, 1.82) is 0 Å². The summed E-state index contributed by atoms with van der Waals surface area (Å²) in [4.78, 5) is 0. The Morgan fingerprint density at radius 1 is 0.947 bits per heavy atom. The summed E-state index contributed by atoms with van der Waals surface area (Å²) < 4.78 is 6.11. The summed E-state index contributed by atoms with van der Waals surface area (Å²) in [7, 11) is 4.54. The lowest BCUT2D eigenvalue weighted by molar-refractivity contribution is -0.0457. The third kappa shape index (κ3) is 6.88. The van der Waals surface area contributed by atoms with Gasteiger partial charge in [0.15, 0.2) is 0 Å². The Kier molecular flexibility index (Phi) is 7.23. The zero-order valence-electron chi connectivity index (χ0n) is 15.0. The summed E-state index contributed by atoms with van der Waals surface area (Å²) in [5.41, 5.74) is 0.714. The fourth-order valence-corrected chi connectivity index (χ4v) is 2.89. The fourth-order valence-electron chi connectivity index (χ4n) is 2.89. The maximum absolute atomic E-state index is 6.11. The van der Waals surface area contributed by atoms with Crippen molar-refractivity contribution in [3.63, 3.8) is 0 Å². The van der Waals surface area contributed by atoms with Crippen molar-refractivity contribution in [3.05, 3.63) is 0 Å². The van der Waals surface area contributed by atoms with Gasteiger partial charge in [0.1, 0.15) is 15.7 Å². The molecular formula is C16H36B2O.